The van der Waals surface area contributed by atoms with Gasteiger partial charge in [-0.3, -0.25) is 4.79 Å². The van der Waals surface area contributed by atoms with E-state index in [0.717, 1.165) is 5.75 Å². The number of hydrogen-bond donors (Lipinski definition) is 1. The molecule has 100 valence electrons. The molecule has 1 N–H and O–H groups in total. The number of rotatable bonds is 3. The number of carbonyl (C=O) groups excluding carboxylic acids is 1. The van der Waals surface area contributed by atoms with Gasteiger partial charge in [-0.25, -0.2) is 0 Å². The van der Waals surface area contributed by atoms with E-state index in [2.05, 4.69) is 39.2 Å². The molecule has 0 saturated heterocycles. The summed E-state index contributed by atoms with van der Waals surface area (Å²) in [5.41, 5.74) is 0.653. The summed E-state index contributed by atoms with van der Waals surface area (Å²) in [7, 11) is -0.172. The van der Waals surface area contributed by atoms with Gasteiger partial charge in [0.05, 0.1) is 0 Å². The van der Waals surface area contributed by atoms with E-state index in [-0.39, 0.29) is 10.9 Å². The SMILES string of the molecule is CNC(=O)c1ccc(O[Si](C)(C)C(C)(C)C)cc1. The van der Waals surface area contributed by atoms with Gasteiger partial charge in [0, 0.05) is 12.6 Å². The average Bonchev–Trinajstić information content (AvgIpc) is 2.27. The van der Waals surface area contributed by atoms with Crippen LogP contribution < -0.4 is 9.74 Å². The molecule has 0 aliphatic heterocycles. The molecule has 0 unspecified atom stereocenters. The first kappa shape index (κ1) is 14.8. The molecule has 18 heavy (non-hydrogen) atoms. The first-order chi connectivity index (χ1) is 8.17. The lowest BCUT2D eigenvalue weighted by molar-refractivity contribution is 0.0963. The topological polar surface area (TPSA) is 38.3 Å². The molecular formula is C14H23NO2Si. The fourth-order valence-corrected chi connectivity index (χ4v) is 2.30. The minimum Gasteiger partial charge on any atom is -0.544 e. The Hall–Kier alpha value is -1.29. The lowest BCUT2D eigenvalue weighted by Gasteiger charge is -2.36. The molecule has 1 rings (SSSR count). The van der Waals surface area contributed by atoms with Gasteiger partial charge in [0.1, 0.15) is 5.75 Å². The number of hydrogen-bond acceptors (Lipinski definition) is 2. The van der Waals surface area contributed by atoms with Crippen molar-refractivity contribution in [3.63, 3.8) is 0 Å². The molecule has 1 aromatic rings. The highest BCUT2D eigenvalue weighted by Gasteiger charge is 2.38. The van der Waals surface area contributed by atoms with Gasteiger partial charge in [-0.2, -0.15) is 0 Å². The van der Waals surface area contributed by atoms with Crippen LogP contribution in [0.3, 0.4) is 0 Å². The van der Waals surface area contributed by atoms with Gasteiger partial charge in [0.15, 0.2) is 0 Å². The molecule has 4 heteroatoms. The van der Waals surface area contributed by atoms with Gasteiger partial charge in [-0.15, -0.1) is 0 Å². The van der Waals surface area contributed by atoms with Crippen molar-refractivity contribution in [2.45, 2.75) is 38.9 Å². The van der Waals surface area contributed by atoms with Crippen LogP contribution in [0.4, 0.5) is 0 Å². The van der Waals surface area contributed by atoms with Gasteiger partial charge in [0.25, 0.3) is 5.91 Å². The van der Waals surface area contributed by atoms with E-state index in [9.17, 15) is 4.79 Å². The van der Waals surface area contributed by atoms with Gasteiger partial charge in [-0.1, -0.05) is 20.8 Å². The van der Waals surface area contributed by atoms with E-state index in [1.165, 1.54) is 0 Å². The van der Waals surface area contributed by atoms with Crippen LogP contribution in [0.15, 0.2) is 24.3 Å². The molecule has 0 radical (unpaired) electrons. The van der Waals surface area contributed by atoms with E-state index < -0.39 is 8.32 Å². The number of benzene rings is 1. The van der Waals surface area contributed by atoms with Crippen LogP contribution in [0, 0.1) is 0 Å². The van der Waals surface area contributed by atoms with E-state index in [0.29, 0.717) is 5.56 Å². The highest BCUT2D eigenvalue weighted by molar-refractivity contribution is 6.74. The zero-order valence-electron chi connectivity index (χ0n) is 12.1. The molecule has 0 bridgehead atoms. The maximum absolute atomic E-state index is 11.4. The average molecular weight is 265 g/mol. The maximum atomic E-state index is 11.4. The van der Waals surface area contributed by atoms with Crippen LogP contribution in [0.25, 0.3) is 0 Å². The second kappa shape index (κ2) is 5.14. The predicted octanol–water partition coefficient (Wildman–Crippen LogP) is 3.43. The summed E-state index contributed by atoms with van der Waals surface area (Å²) < 4.78 is 6.14. The largest absolute Gasteiger partial charge is 0.544 e. The van der Waals surface area contributed by atoms with Crippen LogP contribution in [-0.2, 0) is 0 Å². The third-order valence-electron chi connectivity index (χ3n) is 3.52. The molecule has 0 spiro atoms. The monoisotopic (exact) mass is 265 g/mol. The Balaban J connectivity index is 2.85. The van der Waals surface area contributed by atoms with E-state index in [1.807, 2.05) is 12.1 Å². The summed E-state index contributed by atoms with van der Waals surface area (Å²) in [4.78, 5) is 11.4. The number of amides is 1. The van der Waals surface area contributed by atoms with E-state index >= 15 is 0 Å². The molecule has 0 atom stereocenters. The quantitative estimate of drug-likeness (QED) is 0.850. The van der Waals surface area contributed by atoms with Crippen molar-refractivity contribution in [2.24, 2.45) is 0 Å². The van der Waals surface area contributed by atoms with Gasteiger partial charge >= 0.3 is 0 Å². The first-order valence-electron chi connectivity index (χ1n) is 6.18. The molecule has 0 aliphatic carbocycles. The first-order valence-corrected chi connectivity index (χ1v) is 9.09. The van der Waals surface area contributed by atoms with Crippen LogP contribution >= 0.6 is 0 Å². The highest BCUT2D eigenvalue weighted by atomic mass is 28.4. The zero-order chi connectivity index (χ0) is 14.0. The van der Waals surface area contributed by atoms with Crippen molar-refractivity contribution in [2.75, 3.05) is 7.05 Å². The lowest BCUT2D eigenvalue weighted by atomic mass is 10.2. The Bertz CT molecular complexity index is 418. The Morgan fingerprint density at radius 1 is 1.17 bits per heavy atom. The van der Waals surface area contributed by atoms with E-state index in [1.54, 1.807) is 19.2 Å². The minimum atomic E-state index is -1.80. The predicted molar refractivity (Wildman–Crippen MR) is 77.7 cm³/mol. The van der Waals surface area contributed by atoms with Crippen molar-refractivity contribution < 1.29 is 9.22 Å². The molecular weight excluding hydrogens is 242 g/mol. The summed E-state index contributed by atoms with van der Waals surface area (Å²) in [5.74, 6) is 0.767. The Morgan fingerprint density at radius 2 is 1.67 bits per heavy atom. The van der Waals surface area contributed by atoms with Crippen LogP contribution in [0.1, 0.15) is 31.1 Å². The number of carbonyl (C=O) groups is 1. The van der Waals surface area contributed by atoms with Crippen molar-refractivity contribution >= 4 is 14.2 Å². The second-order valence-corrected chi connectivity index (χ2v) is 10.7. The summed E-state index contributed by atoms with van der Waals surface area (Å²) in [5, 5.41) is 2.78. The molecule has 0 aliphatic rings. The van der Waals surface area contributed by atoms with Crippen molar-refractivity contribution in [3.05, 3.63) is 29.8 Å². The summed E-state index contributed by atoms with van der Waals surface area (Å²) in [6.07, 6.45) is 0. The zero-order valence-corrected chi connectivity index (χ0v) is 13.1. The summed E-state index contributed by atoms with van der Waals surface area (Å²) in [6.45, 7) is 11.0. The fourth-order valence-electron chi connectivity index (χ4n) is 1.27. The Labute approximate surface area is 111 Å². The molecule has 0 fully saturated rings. The maximum Gasteiger partial charge on any atom is 0.251 e. The highest BCUT2D eigenvalue weighted by Crippen LogP contribution is 2.37. The number of nitrogens with one attached hydrogen (secondary N) is 1. The molecule has 3 nitrogen and oxygen atoms in total. The molecule has 0 saturated carbocycles. The fraction of sp³-hybridized carbons (Fsp3) is 0.500. The van der Waals surface area contributed by atoms with Gasteiger partial charge in [0.2, 0.25) is 8.32 Å². The van der Waals surface area contributed by atoms with Crippen LogP contribution in [0.2, 0.25) is 18.1 Å². The van der Waals surface area contributed by atoms with E-state index in [4.69, 9.17) is 4.43 Å². The Kier molecular flexibility index (Phi) is 4.22. The third kappa shape index (κ3) is 3.35. The second-order valence-electron chi connectivity index (χ2n) is 5.97. The standard InChI is InChI=1S/C14H23NO2Si/c1-14(2,3)18(5,6)17-12-9-7-11(8-10-12)13(16)15-4/h7-10H,1-6H3,(H,15,16). The lowest BCUT2D eigenvalue weighted by Crippen LogP contribution is -2.43. The smallest absolute Gasteiger partial charge is 0.251 e. The van der Waals surface area contributed by atoms with Gasteiger partial charge < -0.3 is 9.74 Å². The molecule has 1 amide bonds. The van der Waals surface area contributed by atoms with Crippen LogP contribution in [0.5, 0.6) is 5.75 Å². The molecule has 0 aromatic heterocycles. The minimum absolute atomic E-state index is 0.0751. The Morgan fingerprint density at radius 3 is 2.06 bits per heavy atom. The van der Waals surface area contributed by atoms with Crippen LogP contribution in [-0.4, -0.2) is 21.3 Å². The van der Waals surface area contributed by atoms with Crippen molar-refractivity contribution in [1.82, 2.24) is 5.32 Å². The molecule has 0 heterocycles. The van der Waals surface area contributed by atoms with Gasteiger partial charge in [-0.05, 0) is 42.4 Å². The molecule has 1 aromatic carbocycles. The van der Waals surface area contributed by atoms with Crippen molar-refractivity contribution in [3.8, 4) is 5.75 Å². The normalized spacial score (nSPS) is 12.1. The third-order valence-corrected chi connectivity index (χ3v) is 7.88. The van der Waals surface area contributed by atoms with Crippen molar-refractivity contribution in [1.29, 1.82) is 0 Å². The summed E-state index contributed by atoms with van der Waals surface area (Å²) in [6, 6.07) is 7.32. The summed E-state index contributed by atoms with van der Waals surface area (Å²) >= 11 is 0.